The lowest BCUT2D eigenvalue weighted by molar-refractivity contribution is 0.434. The number of nitrogens with zero attached hydrogens (tertiary/aromatic N) is 1. The van der Waals surface area contributed by atoms with Gasteiger partial charge in [-0.15, -0.1) is 0 Å². The van der Waals surface area contributed by atoms with Gasteiger partial charge in [-0.2, -0.15) is 0 Å². The SMILES string of the molecule is Fc1ccc(N(c2ccc(C3(c4ccccc4)c4ccccc4Oc4ccccc43)cc2)c2ccccc2C2(c3ccccc3)c3ccccc3-c3ccccc32)cc1. The number of anilines is 3. The zero-order valence-corrected chi connectivity index (χ0v) is 32.2. The fourth-order valence-corrected chi connectivity index (χ4v) is 10.0. The molecule has 0 N–H and O–H groups in total. The zero-order chi connectivity index (χ0) is 39.4. The van der Waals surface area contributed by atoms with E-state index in [0.717, 1.165) is 56.4 Å². The number of ether oxygens (including phenoxy) is 1. The van der Waals surface area contributed by atoms with Gasteiger partial charge in [0.1, 0.15) is 17.3 Å². The van der Waals surface area contributed by atoms with Gasteiger partial charge in [0.2, 0.25) is 0 Å². The molecule has 0 saturated carbocycles. The maximum absolute atomic E-state index is 14.8. The normalized spacial score (nSPS) is 13.9. The maximum Gasteiger partial charge on any atom is 0.132 e. The van der Waals surface area contributed by atoms with E-state index in [1.807, 2.05) is 24.3 Å². The number of hydrogen-bond donors (Lipinski definition) is 0. The lowest BCUT2D eigenvalue weighted by atomic mass is 9.63. The summed E-state index contributed by atoms with van der Waals surface area (Å²) in [5.74, 6) is 1.40. The van der Waals surface area contributed by atoms with Crippen LogP contribution in [0.1, 0.15) is 44.5 Å². The summed E-state index contributed by atoms with van der Waals surface area (Å²) in [6.07, 6.45) is 0. The fraction of sp³-hybridized carbons (Fsp3) is 0.0357. The minimum Gasteiger partial charge on any atom is -0.457 e. The van der Waals surface area contributed by atoms with Crippen LogP contribution in [-0.4, -0.2) is 0 Å². The monoisotopic (exact) mass is 759 g/mol. The third kappa shape index (κ3) is 5.18. The highest BCUT2D eigenvalue weighted by Crippen LogP contribution is 2.59. The van der Waals surface area contributed by atoms with Crippen LogP contribution >= 0.6 is 0 Å². The predicted molar refractivity (Wildman–Crippen MR) is 237 cm³/mol. The summed E-state index contributed by atoms with van der Waals surface area (Å²) in [6.45, 7) is 0. The summed E-state index contributed by atoms with van der Waals surface area (Å²) in [5.41, 5.74) is 13.2. The Balaban J connectivity index is 1.17. The minimum absolute atomic E-state index is 0.279. The van der Waals surface area contributed by atoms with Crippen molar-refractivity contribution in [3.05, 3.63) is 281 Å². The van der Waals surface area contributed by atoms with Crippen LogP contribution in [0.25, 0.3) is 11.1 Å². The molecule has 2 aliphatic rings. The lowest BCUT2D eigenvalue weighted by Crippen LogP contribution is -2.34. The molecule has 9 aromatic carbocycles. The molecule has 9 aromatic rings. The largest absolute Gasteiger partial charge is 0.457 e. The van der Waals surface area contributed by atoms with Crippen molar-refractivity contribution in [3.63, 3.8) is 0 Å². The second kappa shape index (κ2) is 13.9. The van der Waals surface area contributed by atoms with Crippen molar-refractivity contribution in [2.75, 3.05) is 4.90 Å². The summed E-state index contributed by atoms with van der Waals surface area (Å²) in [5, 5.41) is 0. The summed E-state index contributed by atoms with van der Waals surface area (Å²) < 4.78 is 21.4. The Morgan fingerprint density at radius 2 is 0.712 bits per heavy atom. The van der Waals surface area contributed by atoms with E-state index in [9.17, 15) is 4.39 Å². The molecule has 1 heterocycles. The van der Waals surface area contributed by atoms with Crippen molar-refractivity contribution in [3.8, 4) is 22.6 Å². The molecule has 0 bridgehead atoms. The van der Waals surface area contributed by atoms with Gasteiger partial charge >= 0.3 is 0 Å². The van der Waals surface area contributed by atoms with E-state index in [1.165, 1.54) is 27.8 Å². The maximum atomic E-state index is 14.8. The molecule has 0 amide bonds. The molecular weight excluding hydrogens is 722 g/mol. The fourth-order valence-electron chi connectivity index (χ4n) is 10.0. The van der Waals surface area contributed by atoms with Crippen molar-refractivity contribution in [1.82, 2.24) is 0 Å². The van der Waals surface area contributed by atoms with Crippen molar-refractivity contribution >= 4 is 17.1 Å². The topological polar surface area (TPSA) is 12.5 Å². The number of halogens is 1. The van der Waals surface area contributed by atoms with Crippen LogP contribution in [0.2, 0.25) is 0 Å². The van der Waals surface area contributed by atoms with E-state index in [2.05, 4.69) is 199 Å². The molecule has 1 aliphatic carbocycles. The molecule has 3 heteroatoms. The van der Waals surface area contributed by atoms with Gasteiger partial charge in [-0.1, -0.05) is 176 Å². The van der Waals surface area contributed by atoms with Gasteiger partial charge in [-0.05, 0) is 99.1 Å². The van der Waals surface area contributed by atoms with Gasteiger partial charge in [0.15, 0.2) is 0 Å². The molecule has 0 aromatic heterocycles. The summed E-state index contributed by atoms with van der Waals surface area (Å²) in [7, 11) is 0. The van der Waals surface area contributed by atoms with E-state index in [0.29, 0.717) is 0 Å². The molecule has 0 unspecified atom stereocenters. The predicted octanol–water partition coefficient (Wildman–Crippen LogP) is 14.1. The van der Waals surface area contributed by atoms with Gasteiger partial charge in [0.05, 0.1) is 16.5 Å². The van der Waals surface area contributed by atoms with E-state index in [4.69, 9.17) is 4.74 Å². The average Bonchev–Trinajstić information content (AvgIpc) is 3.61. The van der Waals surface area contributed by atoms with E-state index in [-0.39, 0.29) is 5.82 Å². The molecule has 0 atom stereocenters. The molecule has 1 aliphatic heterocycles. The Hall–Kier alpha value is -7.49. The van der Waals surface area contributed by atoms with Crippen LogP contribution in [0.15, 0.2) is 231 Å². The quantitative estimate of drug-likeness (QED) is 0.160. The first kappa shape index (κ1) is 34.7. The second-order valence-corrected chi connectivity index (χ2v) is 15.3. The Labute approximate surface area is 344 Å². The second-order valence-electron chi connectivity index (χ2n) is 15.3. The van der Waals surface area contributed by atoms with Crippen LogP contribution in [0.3, 0.4) is 0 Å². The Morgan fingerprint density at radius 3 is 1.25 bits per heavy atom. The average molecular weight is 760 g/mol. The molecule has 2 nitrogen and oxygen atoms in total. The van der Waals surface area contributed by atoms with Crippen molar-refractivity contribution < 1.29 is 9.13 Å². The minimum atomic E-state index is -0.654. The third-order valence-electron chi connectivity index (χ3n) is 12.4. The van der Waals surface area contributed by atoms with Crippen LogP contribution in [0.4, 0.5) is 21.5 Å². The van der Waals surface area contributed by atoms with E-state index >= 15 is 0 Å². The highest BCUT2D eigenvalue weighted by atomic mass is 19.1. The molecule has 59 heavy (non-hydrogen) atoms. The number of fused-ring (bicyclic) bond motifs is 5. The molecular formula is C56H38FNO. The zero-order valence-electron chi connectivity index (χ0n) is 32.2. The first-order chi connectivity index (χ1) is 29.2. The molecule has 0 radical (unpaired) electrons. The van der Waals surface area contributed by atoms with Gasteiger partial charge in [0, 0.05) is 22.5 Å². The third-order valence-corrected chi connectivity index (χ3v) is 12.4. The Morgan fingerprint density at radius 1 is 0.322 bits per heavy atom. The first-order valence-electron chi connectivity index (χ1n) is 20.1. The van der Waals surface area contributed by atoms with Crippen LogP contribution in [-0.2, 0) is 10.8 Å². The molecule has 0 spiro atoms. The number of hydrogen-bond acceptors (Lipinski definition) is 2. The van der Waals surface area contributed by atoms with E-state index in [1.54, 1.807) is 12.1 Å². The van der Waals surface area contributed by atoms with Gasteiger partial charge in [-0.25, -0.2) is 4.39 Å². The summed E-state index contributed by atoms with van der Waals surface area (Å²) in [6, 6.07) is 80.5. The molecule has 11 rings (SSSR count). The number of rotatable bonds is 7. The van der Waals surface area contributed by atoms with Crippen LogP contribution in [0, 0.1) is 5.82 Å². The number of benzene rings is 9. The molecule has 280 valence electrons. The van der Waals surface area contributed by atoms with Gasteiger partial charge < -0.3 is 9.64 Å². The smallest absolute Gasteiger partial charge is 0.132 e. The van der Waals surface area contributed by atoms with Gasteiger partial charge in [-0.3, -0.25) is 0 Å². The summed E-state index contributed by atoms with van der Waals surface area (Å²) in [4.78, 5) is 2.29. The van der Waals surface area contributed by atoms with Crippen LogP contribution in [0.5, 0.6) is 11.5 Å². The highest BCUT2D eigenvalue weighted by Gasteiger charge is 2.48. The number of para-hydroxylation sites is 3. The Kier molecular flexibility index (Phi) is 8.16. The van der Waals surface area contributed by atoms with E-state index < -0.39 is 10.8 Å². The highest BCUT2D eigenvalue weighted by molar-refractivity contribution is 5.90. The van der Waals surface area contributed by atoms with Crippen molar-refractivity contribution in [1.29, 1.82) is 0 Å². The molecule has 0 fully saturated rings. The lowest BCUT2D eigenvalue weighted by Gasteiger charge is -2.41. The van der Waals surface area contributed by atoms with Crippen molar-refractivity contribution in [2.45, 2.75) is 10.8 Å². The summed E-state index contributed by atoms with van der Waals surface area (Å²) >= 11 is 0. The Bertz CT molecular complexity index is 2880. The molecule has 0 saturated heterocycles. The van der Waals surface area contributed by atoms with Crippen LogP contribution < -0.4 is 9.64 Å². The van der Waals surface area contributed by atoms with Crippen molar-refractivity contribution in [2.24, 2.45) is 0 Å². The van der Waals surface area contributed by atoms with Gasteiger partial charge in [0.25, 0.3) is 0 Å². The first-order valence-corrected chi connectivity index (χ1v) is 20.1. The standard InChI is InChI=1S/C56H38FNO/c57-42-33-37-44(38-34-42)58(52-28-14-11-25-49(52)56(40-19-5-2-6-20-40)47-23-9-7-21-45(47)46-22-8-10-24-48(46)56)43-35-31-41(32-36-43)55(39-17-3-1-4-18-39)50-26-12-15-29-53(50)59-54-30-16-13-27-51(54)55/h1-38H.